The lowest BCUT2D eigenvalue weighted by molar-refractivity contribution is 0.0753. The van der Waals surface area contributed by atoms with Gasteiger partial charge in [-0.15, -0.1) is 0 Å². The van der Waals surface area contributed by atoms with Crippen LogP contribution in [-0.4, -0.2) is 22.7 Å². The van der Waals surface area contributed by atoms with Gasteiger partial charge < -0.3 is 4.90 Å². The molecule has 2 aromatic rings. The molecule has 0 heterocycles. The maximum Gasteiger partial charge on any atom is 0.254 e. The minimum atomic E-state index is 0.105. The summed E-state index contributed by atoms with van der Waals surface area (Å²) in [5.74, 6) is 0.105. The molecule has 21 heavy (non-hydrogen) atoms. The number of aryl methyl sites for hydroxylation is 2. The fourth-order valence-electron chi connectivity index (χ4n) is 2.47. The Morgan fingerprint density at radius 1 is 1.00 bits per heavy atom. The molecule has 0 spiro atoms. The topological polar surface area (TPSA) is 20.3 Å². The monoisotopic (exact) mass is 345 g/mol. The predicted molar refractivity (Wildman–Crippen MR) is 90.9 cm³/mol. The summed E-state index contributed by atoms with van der Waals surface area (Å²) in [5, 5.41) is 0.774. The number of carbonyl (C=O) groups excluding carboxylic acids is 1. The minimum Gasteiger partial charge on any atom is -0.333 e. The SMILES string of the molecule is Cc1cccc(C)c1C(=O)N(CCBr)Cc1ccccc1. The zero-order valence-electron chi connectivity index (χ0n) is 12.5. The van der Waals surface area contributed by atoms with Gasteiger partial charge in [-0.3, -0.25) is 4.79 Å². The van der Waals surface area contributed by atoms with Gasteiger partial charge in [0.05, 0.1) is 0 Å². The number of nitrogens with zero attached hydrogens (tertiary/aromatic N) is 1. The Bertz CT molecular complexity index is 590. The van der Waals surface area contributed by atoms with Crippen molar-refractivity contribution in [3.8, 4) is 0 Å². The third-order valence-corrected chi connectivity index (χ3v) is 3.91. The summed E-state index contributed by atoms with van der Waals surface area (Å²) in [6.45, 7) is 5.32. The van der Waals surface area contributed by atoms with E-state index in [1.54, 1.807) is 0 Å². The highest BCUT2D eigenvalue weighted by Crippen LogP contribution is 2.17. The Labute approximate surface area is 134 Å². The van der Waals surface area contributed by atoms with Crippen LogP contribution in [0.3, 0.4) is 0 Å². The molecule has 0 N–H and O–H groups in total. The summed E-state index contributed by atoms with van der Waals surface area (Å²) in [6.07, 6.45) is 0. The Balaban J connectivity index is 2.27. The fraction of sp³-hybridized carbons (Fsp3) is 0.278. The van der Waals surface area contributed by atoms with E-state index in [1.807, 2.05) is 55.1 Å². The van der Waals surface area contributed by atoms with E-state index in [4.69, 9.17) is 0 Å². The van der Waals surface area contributed by atoms with Crippen LogP contribution in [0.5, 0.6) is 0 Å². The molecule has 0 aromatic heterocycles. The van der Waals surface area contributed by atoms with Crippen molar-refractivity contribution in [2.24, 2.45) is 0 Å². The Morgan fingerprint density at radius 2 is 1.62 bits per heavy atom. The maximum atomic E-state index is 12.9. The maximum absolute atomic E-state index is 12.9. The lowest BCUT2D eigenvalue weighted by atomic mass is 10.0. The van der Waals surface area contributed by atoms with Crippen LogP contribution in [0.25, 0.3) is 0 Å². The molecule has 0 fully saturated rings. The molecule has 2 nitrogen and oxygen atoms in total. The van der Waals surface area contributed by atoms with Gasteiger partial charge in [0.15, 0.2) is 0 Å². The highest BCUT2D eigenvalue weighted by atomic mass is 79.9. The molecule has 110 valence electrons. The smallest absolute Gasteiger partial charge is 0.254 e. The van der Waals surface area contributed by atoms with Crippen molar-refractivity contribution in [1.29, 1.82) is 0 Å². The number of rotatable bonds is 5. The van der Waals surface area contributed by atoms with Crippen molar-refractivity contribution >= 4 is 21.8 Å². The summed E-state index contributed by atoms with van der Waals surface area (Å²) in [4.78, 5) is 14.8. The number of hydrogen-bond donors (Lipinski definition) is 0. The molecule has 0 unspecified atom stereocenters. The van der Waals surface area contributed by atoms with Crippen molar-refractivity contribution in [2.75, 3.05) is 11.9 Å². The van der Waals surface area contributed by atoms with Gasteiger partial charge in [-0.2, -0.15) is 0 Å². The van der Waals surface area contributed by atoms with E-state index in [0.717, 1.165) is 27.6 Å². The number of carbonyl (C=O) groups is 1. The summed E-state index contributed by atoms with van der Waals surface area (Å²) in [7, 11) is 0. The number of hydrogen-bond acceptors (Lipinski definition) is 1. The van der Waals surface area contributed by atoms with Gasteiger partial charge in [0.1, 0.15) is 0 Å². The van der Waals surface area contributed by atoms with E-state index in [1.165, 1.54) is 0 Å². The van der Waals surface area contributed by atoms with Crippen LogP contribution in [0, 0.1) is 13.8 Å². The predicted octanol–water partition coefficient (Wildman–Crippen LogP) is 4.34. The van der Waals surface area contributed by atoms with E-state index in [-0.39, 0.29) is 5.91 Å². The van der Waals surface area contributed by atoms with Gasteiger partial charge in [-0.05, 0) is 30.5 Å². The van der Waals surface area contributed by atoms with Gasteiger partial charge in [0.25, 0.3) is 5.91 Å². The molecule has 1 amide bonds. The average molecular weight is 346 g/mol. The van der Waals surface area contributed by atoms with Crippen LogP contribution >= 0.6 is 15.9 Å². The normalized spacial score (nSPS) is 10.4. The van der Waals surface area contributed by atoms with Crippen molar-refractivity contribution in [3.63, 3.8) is 0 Å². The highest BCUT2D eigenvalue weighted by Gasteiger charge is 2.19. The fourth-order valence-corrected chi connectivity index (χ4v) is 2.90. The standard InChI is InChI=1S/C18H20BrNO/c1-14-7-6-8-15(2)17(14)18(21)20(12-11-19)13-16-9-4-3-5-10-16/h3-10H,11-13H2,1-2H3. The first kappa shape index (κ1) is 15.8. The first-order valence-electron chi connectivity index (χ1n) is 7.09. The molecule has 0 aliphatic carbocycles. The van der Waals surface area contributed by atoms with Crippen molar-refractivity contribution < 1.29 is 4.79 Å². The van der Waals surface area contributed by atoms with Crippen molar-refractivity contribution in [1.82, 2.24) is 4.90 Å². The molecule has 2 aromatic carbocycles. The summed E-state index contributed by atoms with van der Waals surface area (Å²) in [5.41, 5.74) is 4.05. The second-order valence-corrected chi connectivity index (χ2v) is 5.96. The lowest BCUT2D eigenvalue weighted by Gasteiger charge is -2.24. The van der Waals surface area contributed by atoms with E-state index >= 15 is 0 Å². The molecule has 2 rings (SSSR count). The summed E-state index contributed by atoms with van der Waals surface area (Å²) in [6, 6.07) is 16.1. The third-order valence-electron chi connectivity index (χ3n) is 3.55. The van der Waals surface area contributed by atoms with Gasteiger partial charge in [0.2, 0.25) is 0 Å². The summed E-state index contributed by atoms with van der Waals surface area (Å²) < 4.78 is 0. The number of alkyl halides is 1. The Kier molecular flexibility index (Phi) is 5.57. The molecule has 3 heteroatoms. The highest BCUT2D eigenvalue weighted by molar-refractivity contribution is 9.09. The van der Waals surface area contributed by atoms with Crippen LogP contribution in [-0.2, 0) is 6.54 Å². The second kappa shape index (κ2) is 7.41. The van der Waals surface area contributed by atoms with Crippen LogP contribution < -0.4 is 0 Å². The second-order valence-electron chi connectivity index (χ2n) is 5.17. The first-order chi connectivity index (χ1) is 10.1. The van der Waals surface area contributed by atoms with Crippen molar-refractivity contribution in [3.05, 3.63) is 70.8 Å². The van der Waals surface area contributed by atoms with E-state index in [0.29, 0.717) is 13.1 Å². The molecule has 0 radical (unpaired) electrons. The lowest BCUT2D eigenvalue weighted by Crippen LogP contribution is -2.33. The Hall–Kier alpha value is -1.61. The molecule has 0 aliphatic rings. The zero-order chi connectivity index (χ0) is 15.2. The molecule has 0 atom stereocenters. The zero-order valence-corrected chi connectivity index (χ0v) is 14.1. The van der Waals surface area contributed by atoms with Gasteiger partial charge >= 0.3 is 0 Å². The summed E-state index contributed by atoms with van der Waals surface area (Å²) >= 11 is 3.45. The van der Waals surface area contributed by atoms with Crippen LogP contribution in [0.4, 0.5) is 0 Å². The quantitative estimate of drug-likeness (QED) is 0.738. The number of benzene rings is 2. The minimum absolute atomic E-state index is 0.105. The molecular weight excluding hydrogens is 326 g/mol. The van der Waals surface area contributed by atoms with Crippen LogP contribution in [0.15, 0.2) is 48.5 Å². The van der Waals surface area contributed by atoms with E-state index in [9.17, 15) is 4.79 Å². The van der Waals surface area contributed by atoms with E-state index < -0.39 is 0 Å². The van der Waals surface area contributed by atoms with E-state index in [2.05, 4.69) is 28.1 Å². The third kappa shape index (κ3) is 3.94. The van der Waals surface area contributed by atoms with Crippen LogP contribution in [0.2, 0.25) is 0 Å². The first-order valence-corrected chi connectivity index (χ1v) is 8.21. The van der Waals surface area contributed by atoms with Crippen LogP contribution in [0.1, 0.15) is 27.0 Å². The van der Waals surface area contributed by atoms with Gasteiger partial charge in [0, 0.05) is 24.0 Å². The Morgan fingerprint density at radius 3 is 2.19 bits per heavy atom. The van der Waals surface area contributed by atoms with Gasteiger partial charge in [-0.1, -0.05) is 64.5 Å². The molecular formula is C18H20BrNO. The largest absolute Gasteiger partial charge is 0.333 e. The number of amides is 1. The average Bonchev–Trinajstić information content (AvgIpc) is 2.47. The van der Waals surface area contributed by atoms with Gasteiger partial charge in [-0.25, -0.2) is 0 Å². The molecule has 0 aliphatic heterocycles. The van der Waals surface area contributed by atoms with Crippen molar-refractivity contribution in [2.45, 2.75) is 20.4 Å². The number of halogens is 1. The molecule has 0 bridgehead atoms. The molecule has 0 saturated heterocycles. The molecule has 0 saturated carbocycles.